The van der Waals surface area contributed by atoms with Gasteiger partial charge >= 0.3 is 0 Å². The third kappa shape index (κ3) is 5.49. The number of nitrogens with zero attached hydrogens (tertiary/aromatic N) is 2. The van der Waals surface area contributed by atoms with E-state index in [0.29, 0.717) is 12.2 Å². The van der Waals surface area contributed by atoms with Crippen LogP contribution in [0.1, 0.15) is 38.3 Å². The topological polar surface area (TPSA) is 178 Å². The third-order valence-electron chi connectivity index (χ3n) is 4.28. The van der Waals surface area contributed by atoms with Crippen LogP contribution in [0.2, 0.25) is 0 Å². The third-order valence-corrected chi connectivity index (χ3v) is 4.57. The number of amides is 1. The van der Waals surface area contributed by atoms with Crippen LogP contribution < -0.4 is 33.0 Å². The van der Waals surface area contributed by atoms with E-state index in [9.17, 15) is 9.90 Å². The molecule has 1 aliphatic heterocycles. The van der Waals surface area contributed by atoms with Crippen LogP contribution in [0.15, 0.2) is 51.8 Å². The Morgan fingerprint density at radius 2 is 1.90 bits per heavy atom. The van der Waals surface area contributed by atoms with Crippen molar-refractivity contribution in [3.63, 3.8) is 0 Å². The van der Waals surface area contributed by atoms with E-state index in [4.69, 9.17) is 39.3 Å². The molecule has 0 saturated carbocycles. The van der Waals surface area contributed by atoms with E-state index in [2.05, 4.69) is 10.3 Å². The summed E-state index contributed by atoms with van der Waals surface area (Å²) in [6.45, 7) is 3.87. The number of ether oxygens (including phenoxy) is 1. The van der Waals surface area contributed by atoms with E-state index < -0.39 is 12.0 Å². The Kier molecular flexibility index (Phi) is 7.79. The number of benzene rings is 1. The summed E-state index contributed by atoms with van der Waals surface area (Å²) >= 11 is 6.06. The van der Waals surface area contributed by atoms with Gasteiger partial charge in [0, 0.05) is 0 Å². The SMILES string of the molecule is CCCC(N=C(N)N1C(N)=C(Cl)NC(C(N)=O)=C1N)c1ccc(OCC(C)O)cc1. The number of aliphatic hydroxyl groups is 1. The summed E-state index contributed by atoms with van der Waals surface area (Å²) in [6.07, 6.45) is 0.979. The lowest BCUT2D eigenvalue weighted by atomic mass is 10.0. The molecule has 1 amide bonds. The van der Waals surface area contributed by atoms with Crippen molar-refractivity contribution in [3.05, 3.63) is 52.3 Å². The van der Waals surface area contributed by atoms with Gasteiger partial charge in [0.15, 0.2) is 0 Å². The molecule has 0 radical (unpaired) electrons. The van der Waals surface area contributed by atoms with Crippen LogP contribution in [0.4, 0.5) is 0 Å². The quantitative estimate of drug-likeness (QED) is 0.192. The standard InChI is InChI=1S/C19H28ClN7O3/c1-3-4-13(11-5-7-12(8-6-11)30-9-10(2)28)25-19(24)27-16(21)14(18(23)29)26-15(20)17(27)22/h5-8,10,13,26,28H,3-4,9,21-22H2,1-2H3,(H2,23,29)(H2,24,25). The predicted molar refractivity (Wildman–Crippen MR) is 115 cm³/mol. The second-order valence-corrected chi connectivity index (χ2v) is 7.18. The second-order valence-electron chi connectivity index (χ2n) is 6.80. The maximum Gasteiger partial charge on any atom is 0.268 e. The van der Waals surface area contributed by atoms with E-state index in [0.717, 1.165) is 12.0 Å². The van der Waals surface area contributed by atoms with E-state index in [1.165, 1.54) is 4.90 Å². The maximum absolute atomic E-state index is 11.6. The molecule has 2 atom stereocenters. The lowest BCUT2D eigenvalue weighted by molar-refractivity contribution is -0.115. The summed E-state index contributed by atoms with van der Waals surface area (Å²) in [7, 11) is 0. The molecule has 10 nitrogen and oxygen atoms in total. The lowest BCUT2D eigenvalue weighted by Gasteiger charge is -2.31. The second kappa shape index (κ2) is 10.1. The molecule has 11 heteroatoms. The zero-order valence-electron chi connectivity index (χ0n) is 16.9. The molecule has 2 unspecified atom stereocenters. The molecule has 1 aromatic carbocycles. The molecule has 164 valence electrons. The first-order chi connectivity index (χ1) is 14.1. The van der Waals surface area contributed by atoms with Crippen molar-refractivity contribution in [1.29, 1.82) is 0 Å². The number of guanidine groups is 1. The molecule has 0 aliphatic carbocycles. The maximum atomic E-state index is 11.6. The molecule has 0 fully saturated rings. The predicted octanol–water partition coefficient (Wildman–Crippen LogP) is 0.445. The van der Waals surface area contributed by atoms with Crippen LogP contribution in [-0.2, 0) is 4.79 Å². The highest BCUT2D eigenvalue weighted by molar-refractivity contribution is 6.30. The lowest BCUT2D eigenvalue weighted by Crippen LogP contribution is -2.49. The molecular weight excluding hydrogens is 410 g/mol. The van der Waals surface area contributed by atoms with Gasteiger partial charge in [0.25, 0.3) is 5.91 Å². The Morgan fingerprint density at radius 1 is 1.27 bits per heavy atom. The van der Waals surface area contributed by atoms with Crippen LogP contribution in [0.3, 0.4) is 0 Å². The highest BCUT2D eigenvalue weighted by Gasteiger charge is 2.29. The van der Waals surface area contributed by atoms with E-state index >= 15 is 0 Å². The van der Waals surface area contributed by atoms with Crippen molar-refractivity contribution in [2.24, 2.45) is 27.9 Å². The van der Waals surface area contributed by atoms with Crippen molar-refractivity contribution in [2.75, 3.05) is 6.61 Å². The van der Waals surface area contributed by atoms with Gasteiger partial charge in [-0.15, -0.1) is 0 Å². The van der Waals surface area contributed by atoms with E-state index in [1.54, 1.807) is 19.1 Å². The molecule has 0 bridgehead atoms. The Morgan fingerprint density at radius 3 is 2.43 bits per heavy atom. The number of aliphatic hydroxyl groups excluding tert-OH is 1. The summed E-state index contributed by atoms with van der Waals surface area (Å²) in [5.74, 6) is -0.309. The highest BCUT2D eigenvalue weighted by atomic mass is 35.5. The highest BCUT2D eigenvalue weighted by Crippen LogP contribution is 2.27. The molecule has 10 N–H and O–H groups in total. The Hall–Kier alpha value is -3.11. The number of rotatable bonds is 8. The largest absolute Gasteiger partial charge is 0.491 e. The minimum absolute atomic E-state index is 0.00228. The summed E-state index contributed by atoms with van der Waals surface area (Å²) < 4.78 is 5.48. The number of carbonyl (C=O) groups is 1. The molecule has 0 spiro atoms. The van der Waals surface area contributed by atoms with Gasteiger partial charge in [-0.3, -0.25) is 4.79 Å². The van der Waals surface area contributed by atoms with Gasteiger partial charge in [0.2, 0.25) is 5.96 Å². The van der Waals surface area contributed by atoms with Crippen LogP contribution in [0.25, 0.3) is 0 Å². The molecule has 2 rings (SSSR count). The zero-order valence-corrected chi connectivity index (χ0v) is 17.7. The number of nitrogens with one attached hydrogen (secondary N) is 1. The number of hydrogen-bond donors (Lipinski definition) is 6. The molecule has 0 saturated heterocycles. The molecule has 0 aromatic heterocycles. The van der Waals surface area contributed by atoms with Crippen molar-refractivity contribution < 1.29 is 14.6 Å². The summed E-state index contributed by atoms with van der Waals surface area (Å²) in [5, 5.41) is 11.8. The normalized spacial score (nSPS) is 16.9. The van der Waals surface area contributed by atoms with Crippen molar-refractivity contribution in [2.45, 2.75) is 38.8 Å². The Bertz CT molecular complexity index is 865. The number of carbonyl (C=O) groups excluding carboxylic acids is 1. The zero-order chi connectivity index (χ0) is 22.4. The number of nitrogens with two attached hydrogens (primary N) is 4. The van der Waals surface area contributed by atoms with Crippen LogP contribution >= 0.6 is 11.6 Å². The average molecular weight is 438 g/mol. The molecule has 1 aliphatic rings. The van der Waals surface area contributed by atoms with Crippen molar-refractivity contribution in [3.8, 4) is 5.75 Å². The fraction of sp³-hybridized carbons (Fsp3) is 0.368. The van der Waals surface area contributed by atoms with Gasteiger partial charge < -0.3 is 38.1 Å². The van der Waals surface area contributed by atoms with Gasteiger partial charge in [-0.2, -0.15) is 0 Å². The number of hydrogen-bond acceptors (Lipinski definition) is 7. The number of primary amides is 1. The van der Waals surface area contributed by atoms with E-state index in [-0.39, 0.29) is 41.1 Å². The molecule has 30 heavy (non-hydrogen) atoms. The minimum Gasteiger partial charge on any atom is -0.491 e. The van der Waals surface area contributed by atoms with Crippen LogP contribution in [0, 0.1) is 0 Å². The smallest absolute Gasteiger partial charge is 0.268 e. The first-order valence-corrected chi connectivity index (χ1v) is 9.79. The summed E-state index contributed by atoms with van der Waals surface area (Å²) in [5.41, 5.74) is 24.3. The summed E-state index contributed by atoms with van der Waals surface area (Å²) in [4.78, 5) is 17.4. The van der Waals surface area contributed by atoms with Gasteiger partial charge in [0.05, 0.1) is 12.1 Å². The summed E-state index contributed by atoms with van der Waals surface area (Å²) in [6, 6.07) is 7.02. The monoisotopic (exact) mass is 437 g/mol. The van der Waals surface area contributed by atoms with Crippen molar-refractivity contribution >= 4 is 23.5 Å². The van der Waals surface area contributed by atoms with Gasteiger partial charge in [-0.05, 0) is 31.0 Å². The molecular formula is C19H28ClN7O3. The fourth-order valence-corrected chi connectivity index (χ4v) is 2.99. The first-order valence-electron chi connectivity index (χ1n) is 9.41. The Balaban J connectivity index is 2.33. The number of aliphatic imine (C=N–C) groups is 1. The van der Waals surface area contributed by atoms with Gasteiger partial charge in [0.1, 0.15) is 34.9 Å². The first kappa shape index (κ1) is 23.2. The van der Waals surface area contributed by atoms with Crippen molar-refractivity contribution in [1.82, 2.24) is 10.2 Å². The van der Waals surface area contributed by atoms with Crippen LogP contribution in [-0.4, -0.2) is 34.6 Å². The fourth-order valence-electron chi connectivity index (χ4n) is 2.81. The minimum atomic E-state index is -0.811. The van der Waals surface area contributed by atoms with Crippen LogP contribution in [0.5, 0.6) is 5.75 Å². The van der Waals surface area contributed by atoms with Gasteiger partial charge in [-0.25, -0.2) is 9.89 Å². The average Bonchev–Trinajstić information content (AvgIpc) is 2.69. The van der Waals surface area contributed by atoms with Gasteiger partial charge in [-0.1, -0.05) is 37.1 Å². The van der Waals surface area contributed by atoms with E-state index in [1.807, 2.05) is 19.1 Å². The number of halogens is 1. The molecule has 1 heterocycles. The Labute approximate surface area is 180 Å². The molecule has 1 aromatic rings.